The minimum absolute atomic E-state index is 0. The van der Waals surface area contributed by atoms with E-state index >= 15 is 0 Å². The summed E-state index contributed by atoms with van der Waals surface area (Å²) in [4.78, 5) is 0. The largest absolute Gasteiger partial charge is 0.499 e. The van der Waals surface area contributed by atoms with Gasteiger partial charge in [-0.15, -0.1) is 0 Å². The average Bonchev–Trinajstić information content (AvgIpc) is 2.34. The van der Waals surface area contributed by atoms with Gasteiger partial charge in [0.05, 0.1) is 15.6 Å². The van der Waals surface area contributed by atoms with Crippen LogP contribution in [0.2, 0.25) is 0 Å². The second kappa shape index (κ2) is 8.20. The zero-order chi connectivity index (χ0) is 19.9. The molecule has 0 N–H and O–H groups in total. The molecular formula is C17H23ClF5OPPd. The second-order valence-electron chi connectivity index (χ2n) is 7.78. The van der Waals surface area contributed by atoms with Crippen LogP contribution in [-0.4, -0.2) is 22.6 Å². The van der Waals surface area contributed by atoms with Crippen LogP contribution in [0, 0.1) is 5.62 Å². The van der Waals surface area contributed by atoms with E-state index in [4.69, 9.17) is 11.6 Å². The number of benzene rings is 1. The molecule has 0 heterocycles. The molecule has 0 aliphatic carbocycles. The number of ether oxygens (including phenoxy) is 1. The predicted molar refractivity (Wildman–Crippen MR) is 94.3 cm³/mol. The van der Waals surface area contributed by atoms with Crippen LogP contribution in [-0.2, 0) is 20.4 Å². The molecule has 1 nitrogen and oxygen atoms in total. The summed E-state index contributed by atoms with van der Waals surface area (Å²) in [6.07, 6.45) is -11.1. The summed E-state index contributed by atoms with van der Waals surface area (Å²) in [5.74, 6) is -0.545. The monoisotopic (exact) mass is 510 g/mol. The Morgan fingerprint density at radius 3 is 1.73 bits per heavy atom. The van der Waals surface area contributed by atoms with Crippen LogP contribution in [0.1, 0.15) is 41.5 Å². The molecule has 0 bridgehead atoms. The van der Waals surface area contributed by atoms with Crippen molar-refractivity contribution in [3.8, 4) is 5.75 Å². The van der Waals surface area contributed by atoms with Crippen LogP contribution in [0.5, 0.6) is 5.75 Å². The third-order valence-electron chi connectivity index (χ3n) is 4.06. The van der Waals surface area contributed by atoms with Crippen LogP contribution in [0.15, 0.2) is 24.3 Å². The minimum atomic E-state index is -5.79. The molecule has 0 radical (unpaired) electrons. The zero-order valence-electron chi connectivity index (χ0n) is 15.3. The van der Waals surface area contributed by atoms with Crippen molar-refractivity contribution < 1.29 is 47.1 Å². The Kier molecular flexibility index (Phi) is 8.21. The molecule has 26 heavy (non-hydrogen) atoms. The van der Waals surface area contributed by atoms with Gasteiger partial charge >= 0.3 is 12.3 Å². The van der Waals surface area contributed by atoms with E-state index in [0.717, 1.165) is 6.07 Å². The van der Waals surface area contributed by atoms with Gasteiger partial charge in [0.25, 0.3) is 0 Å². The van der Waals surface area contributed by atoms with Gasteiger partial charge in [0.1, 0.15) is 5.75 Å². The fraction of sp³-hybridized carbons (Fsp3) is 0.588. The smallest absolute Gasteiger partial charge is 0.426 e. The van der Waals surface area contributed by atoms with Crippen molar-refractivity contribution in [3.05, 3.63) is 29.9 Å². The van der Waals surface area contributed by atoms with Crippen molar-refractivity contribution in [1.29, 1.82) is 0 Å². The molecule has 0 spiro atoms. The Labute approximate surface area is 171 Å². The molecule has 0 fully saturated rings. The predicted octanol–water partition coefficient (Wildman–Crippen LogP) is 6.82. The molecular weight excluding hydrogens is 488 g/mol. The molecule has 0 aliphatic rings. The average molecular weight is 511 g/mol. The molecule has 1 aromatic rings. The molecule has 0 aliphatic heterocycles. The van der Waals surface area contributed by atoms with Gasteiger partial charge in [-0.1, -0.05) is 18.9 Å². The first-order valence-electron chi connectivity index (χ1n) is 7.57. The van der Waals surface area contributed by atoms with E-state index in [1.807, 2.05) is 41.5 Å². The van der Waals surface area contributed by atoms with Crippen molar-refractivity contribution in [1.82, 2.24) is 0 Å². The maximum atomic E-state index is 13.2. The van der Waals surface area contributed by atoms with E-state index in [0.29, 0.717) is 5.30 Å². The SMILES string of the molecule is CC(C)(C)[P+]([CH-]Cl)(c1cccc(OC(F)(F)C(F)(F)F)c1)C(C)(C)C.[Pd]. The number of hydrogen-bond acceptors (Lipinski definition) is 1. The third kappa shape index (κ3) is 4.90. The number of rotatable bonds is 4. The van der Waals surface area contributed by atoms with Crippen LogP contribution in [0.3, 0.4) is 0 Å². The fourth-order valence-electron chi connectivity index (χ4n) is 3.10. The van der Waals surface area contributed by atoms with Gasteiger partial charge in [-0.3, -0.25) is 0 Å². The molecule has 1 aromatic carbocycles. The minimum Gasteiger partial charge on any atom is -0.426 e. The quantitative estimate of drug-likeness (QED) is 0.187. The van der Waals surface area contributed by atoms with Gasteiger partial charge in [0.2, 0.25) is 0 Å². The van der Waals surface area contributed by atoms with E-state index in [1.165, 1.54) is 12.1 Å². The topological polar surface area (TPSA) is 9.23 Å². The molecule has 0 amide bonds. The Bertz CT molecular complexity index is 594. The summed E-state index contributed by atoms with van der Waals surface area (Å²) in [6.45, 7) is 11.8. The van der Waals surface area contributed by atoms with Gasteiger partial charge in [-0.25, -0.2) is 0 Å². The Morgan fingerprint density at radius 2 is 1.38 bits per heavy atom. The third-order valence-corrected chi connectivity index (χ3v) is 10.6. The number of hydrogen-bond donors (Lipinski definition) is 0. The first-order chi connectivity index (χ1) is 11.0. The van der Waals surface area contributed by atoms with Gasteiger partial charge < -0.3 is 16.3 Å². The summed E-state index contributed by atoms with van der Waals surface area (Å²) in [5, 5.41) is -0.0611. The number of alkyl halides is 5. The summed E-state index contributed by atoms with van der Waals surface area (Å²) in [5.41, 5.74) is 1.56. The van der Waals surface area contributed by atoms with Crippen LogP contribution >= 0.6 is 18.9 Å². The molecule has 0 aromatic heterocycles. The van der Waals surface area contributed by atoms with E-state index in [-0.39, 0.29) is 30.7 Å². The Morgan fingerprint density at radius 1 is 0.923 bits per heavy atom. The fourth-order valence-corrected chi connectivity index (χ4v) is 10.1. The molecule has 0 saturated carbocycles. The first kappa shape index (κ1) is 26.1. The maximum Gasteiger partial charge on any atom is 0.499 e. The van der Waals surface area contributed by atoms with Crippen LogP contribution in [0.4, 0.5) is 22.0 Å². The van der Waals surface area contributed by atoms with Crippen molar-refractivity contribution in [2.24, 2.45) is 0 Å². The molecule has 9 heteroatoms. The number of halogens is 6. The van der Waals surface area contributed by atoms with Crippen LogP contribution < -0.4 is 10.0 Å². The molecule has 154 valence electrons. The van der Waals surface area contributed by atoms with Crippen molar-refractivity contribution in [3.63, 3.8) is 0 Å². The van der Waals surface area contributed by atoms with Crippen molar-refractivity contribution in [2.45, 2.75) is 64.1 Å². The summed E-state index contributed by atoms with van der Waals surface area (Å²) >= 11 is 6.24. The Hall–Kier alpha value is 0.0523. The molecule has 1 rings (SSSR count). The van der Waals surface area contributed by atoms with Gasteiger partial charge in [-0.05, 0) is 53.7 Å². The Balaban J connectivity index is 0.00000625. The van der Waals surface area contributed by atoms with Gasteiger partial charge in [-0.2, -0.15) is 22.0 Å². The summed E-state index contributed by atoms with van der Waals surface area (Å²) < 4.78 is 67.6. The molecule has 0 unspecified atom stereocenters. The first-order valence-corrected chi connectivity index (χ1v) is 9.87. The molecule has 0 saturated heterocycles. The van der Waals surface area contributed by atoms with Crippen LogP contribution in [0.25, 0.3) is 0 Å². The zero-order valence-corrected chi connectivity index (χ0v) is 18.5. The normalized spacial score (nSPS) is 14.0. The van der Waals surface area contributed by atoms with E-state index in [2.05, 4.69) is 4.74 Å². The summed E-state index contributed by atoms with van der Waals surface area (Å²) in [7, 11) is -2.30. The van der Waals surface area contributed by atoms with E-state index in [1.54, 1.807) is 11.7 Å². The van der Waals surface area contributed by atoms with Crippen molar-refractivity contribution >= 4 is 24.2 Å². The van der Waals surface area contributed by atoms with Gasteiger partial charge in [0.15, 0.2) is 0 Å². The van der Waals surface area contributed by atoms with E-state index in [9.17, 15) is 22.0 Å². The van der Waals surface area contributed by atoms with Crippen molar-refractivity contribution in [2.75, 3.05) is 0 Å². The van der Waals surface area contributed by atoms with Gasteiger partial charge in [0, 0.05) is 26.5 Å². The molecule has 0 atom stereocenters. The standard InChI is InChI=1S/C17H23ClF5OP.Pd/c1-14(2,3)25(11-18,15(4,5)6)13-9-7-8-12(10-13)24-17(22,23)16(19,20)21;/h7-11H,1-6H3;. The summed E-state index contributed by atoms with van der Waals surface area (Å²) in [6, 6.07) is 5.42. The second-order valence-corrected chi connectivity index (χ2v) is 13.2. The van der Waals surface area contributed by atoms with E-state index < -0.39 is 25.3 Å². The maximum absolute atomic E-state index is 13.2.